The molecule has 1 aliphatic carbocycles. The normalized spacial score (nSPS) is 48.2. The Hall–Kier alpha value is -0.280. The molecule has 0 aromatic carbocycles. The Bertz CT molecular complexity index is 291. The van der Waals surface area contributed by atoms with Gasteiger partial charge in [0.25, 0.3) is 0 Å². The number of aliphatic hydroxyl groups excluding tert-OH is 3. The summed E-state index contributed by atoms with van der Waals surface area (Å²) in [5.74, 6) is 0. The fourth-order valence-electron chi connectivity index (χ4n) is 2.69. The Morgan fingerprint density at radius 1 is 1.05 bits per heavy atom. The van der Waals surface area contributed by atoms with Crippen molar-refractivity contribution in [1.82, 2.24) is 0 Å². The second kappa shape index (κ2) is 6.45. The molecule has 2 aliphatic rings. The van der Waals surface area contributed by atoms with E-state index in [1.807, 2.05) is 0 Å². The fraction of sp³-hybridized carbons (Fsp3) is 1.00. The Morgan fingerprint density at radius 2 is 1.74 bits per heavy atom. The molecule has 1 saturated heterocycles. The molecule has 7 nitrogen and oxygen atoms in total. The van der Waals surface area contributed by atoms with Gasteiger partial charge in [-0.2, -0.15) is 0 Å². The van der Waals surface area contributed by atoms with Crippen molar-refractivity contribution in [2.75, 3.05) is 6.54 Å². The molecule has 7 N–H and O–H groups in total. The quantitative estimate of drug-likeness (QED) is 0.404. The lowest BCUT2D eigenvalue weighted by Crippen LogP contribution is -2.61. The van der Waals surface area contributed by atoms with Gasteiger partial charge in [-0.05, 0) is 12.8 Å². The molecule has 0 spiro atoms. The van der Waals surface area contributed by atoms with Crippen molar-refractivity contribution in [1.29, 1.82) is 0 Å². The van der Waals surface area contributed by atoms with Crippen molar-refractivity contribution in [3.63, 3.8) is 0 Å². The number of hydrogen-bond donors (Lipinski definition) is 5. The lowest BCUT2D eigenvalue weighted by Gasteiger charge is -2.42. The lowest BCUT2D eigenvalue weighted by molar-refractivity contribution is -0.308. The molecule has 0 bridgehead atoms. The highest BCUT2D eigenvalue weighted by atomic mass is 16.7. The lowest BCUT2D eigenvalue weighted by atomic mass is 9.93. The van der Waals surface area contributed by atoms with Crippen molar-refractivity contribution in [3.8, 4) is 0 Å². The third kappa shape index (κ3) is 3.25. The molecule has 112 valence electrons. The largest absolute Gasteiger partial charge is 0.388 e. The predicted molar refractivity (Wildman–Crippen MR) is 67.1 cm³/mol. The van der Waals surface area contributed by atoms with Gasteiger partial charge >= 0.3 is 0 Å². The molecule has 1 saturated carbocycles. The van der Waals surface area contributed by atoms with Crippen LogP contribution in [0.5, 0.6) is 0 Å². The Morgan fingerprint density at radius 3 is 2.37 bits per heavy atom. The summed E-state index contributed by atoms with van der Waals surface area (Å²) in [4.78, 5) is 0. The van der Waals surface area contributed by atoms with E-state index < -0.39 is 30.7 Å². The minimum atomic E-state index is -1.33. The summed E-state index contributed by atoms with van der Waals surface area (Å²) in [6.45, 7) is 0.0432. The first-order chi connectivity index (χ1) is 9.04. The summed E-state index contributed by atoms with van der Waals surface area (Å²) < 4.78 is 11.1. The zero-order chi connectivity index (χ0) is 14.0. The smallest absolute Gasteiger partial charge is 0.186 e. The molecule has 0 radical (unpaired) electrons. The Kier molecular flexibility index (Phi) is 5.13. The zero-order valence-corrected chi connectivity index (χ0v) is 10.9. The van der Waals surface area contributed by atoms with Gasteiger partial charge in [-0.3, -0.25) is 0 Å². The molecule has 0 unspecified atom stereocenters. The first-order valence-corrected chi connectivity index (χ1v) is 6.85. The van der Waals surface area contributed by atoms with E-state index in [-0.39, 0.29) is 18.7 Å². The van der Waals surface area contributed by atoms with Gasteiger partial charge in [0, 0.05) is 12.6 Å². The van der Waals surface area contributed by atoms with Crippen LogP contribution < -0.4 is 11.5 Å². The molecule has 7 heteroatoms. The Balaban J connectivity index is 1.98. The SMILES string of the molecule is NC[C@H]1O[C@H](O[C@@H]2CCCC[C@H]2N)[C@H](O)[C@@H](O)[C@@H]1O. The van der Waals surface area contributed by atoms with Gasteiger partial charge in [-0.25, -0.2) is 0 Å². The van der Waals surface area contributed by atoms with E-state index in [1.165, 1.54) is 0 Å². The minimum Gasteiger partial charge on any atom is -0.388 e. The van der Waals surface area contributed by atoms with Crippen molar-refractivity contribution in [2.24, 2.45) is 11.5 Å². The van der Waals surface area contributed by atoms with E-state index in [0.717, 1.165) is 25.7 Å². The zero-order valence-electron chi connectivity index (χ0n) is 10.9. The number of nitrogens with two attached hydrogens (primary N) is 2. The van der Waals surface area contributed by atoms with Crippen LogP contribution in [0.4, 0.5) is 0 Å². The van der Waals surface area contributed by atoms with Crippen molar-refractivity contribution >= 4 is 0 Å². The van der Waals surface area contributed by atoms with E-state index in [4.69, 9.17) is 20.9 Å². The maximum atomic E-state index is 9.90. The van der Waals surface area contributed by atoms with E-state index in [1.54, 1.807) is 0 Å². The molecule has 0 aromatic rings. The average molecular weight is 276 g/mol. The van der Waals surface area contributed by atoms with E-state index >= 15 is 0 Å². The van der Waals surface area contributed by atoms with Gasteiger partial charge < -0.3 is 36.3 Å². The molecule has 2 fully saturated rings. The van der Waals surface area contributed by atoms with Gasteiger partial charge in [0.2, 0.25) is 0 Å². The van der Waals surface area contributed by atoms with E-state index in [2.05, 4.69) is 0 Å². The second-order valence-corrected chi connectivity index (χ2v) is 5.37. The summed E-state index contributed by atoms with van der Waals surface area (Å²) in [5, 5.41) is 29.4. The number of rotatable bonds is 3. The molecule has 19 heavy (non-hydrogen) atoms. The van der Waals surface area contributed by atoms with Crippen molar-refractivity contribution in [3.05, 3.63) is 0 Å². The molecule has 7 atom stereocenters. The van der Waals surface area contributed by atoms with Crippen LogP contribution in [-0.2, 0) is 9.47 Å². The summed E-state index contributed by atoms with van der Waals surface area (Å²) in [6, 6.07) is -0.0927. The predicted octanol–water partition coefficient (Wildman–Crippen LogP) is -1.96. The third-order valence-corrected chi connectivity index (χ3v) is 3.96. The molecule has 1 heterocycles. The molecular weight excluding hydrogens is 252 g/mol. The molecule has 0 aromatic heterocycles. The highest BCUT2D eigenvalue weighted by Gasteiger charge is 2.45. The monoisotopic (exact) mass is 276 g/mol. The highest BCUT2D eigenvalue weighted by molar-refractivity contribution is 4.90. The van der Waals surface area contributed by atoms with Gasteiger partial charge in [0.05, 0.1) is 6.10 Å². The topological polar surface area (TPSA) is 131 Å². The van der Waals surface area contributed by atoms with Crippen LogP contribution in [-0.4, -0.2) is 64.7 Å². The highest BCUT2D eigenvalue weighted by Crippen LogP contribution is 2.27. The van der Waals surface area contributed by atoms with E-state index in [0.29, 0.717) is 0 Å². The number of ether oxygens (including phenoxy) is 2. The van der Waals surface area contributed by atoms with Gasteiger partial charge in [0.1, 0.15) is 24.4 Å². The first kappa shape index (κ1) is 15.1. The standard InChI is InChI=1S/C12H24N2O5/c13-5-8-9(15)10(16)11(17)12(19-8)18-7-4-2-1-3-6(7)14/h6-12,15-17H,1-5,13-14H2/t6-,7-,8-,9-,10+,11-,12+/m1/s1. The summed E-state index contributed by atoms with van der Waals surface area (Å²) in [7, 11) is 0. The van der Waals surface area contributed by atoms with Gasteiger partial charge in [-0.15, -0.1) is 0 Å². The van der Waals surface area contributed by atoms with Gasteiger partial charge in [0.15, 0.2) is 6.29 Å². The van der Waals surface area contributed by atoms with E-state index in [9.17, 15) is 15.3 Å². The van der Waals surface area contributed by atoms with Crippen LogP contribution in [0.2, 0.25) is 0 Å². The minimum absolute atomic E-state index is 0.0432. The molecule has 2 rings (SSSR count). The maximum Gasteiger partial charge on any atom is 0.186 e. The van der Waals surface area contributed by atoms with Crippen LogP contribution in [0.1, 0.15) is 25.7 Å². The van der Waals surface area contributed by atoms with Gasteiger partial charge in [-0.1, -0.05) is 12.8 Å². The molecular formula is C12H24N2O5. The van der Waals surface area contributed by atoms with Crippen molar-refractivity contribution < 1.29 is 24.8 Å². The fourth-order valence-corrected chi connectivity index (χ4v) is 2.69. The summed E-state index contributed by atoms with van der Waals surface area (Å²) >= 11 is 0. The van der Waals surface area contributed by atoms with Crippen LogP contribution >= 0.6 is 0 Å². The Labute approximate surface area is 112 Å². The second-order valence-electron chi connectivity index (χ2n) is 5.37. The third-order valence-electron chi connectivity index (χ3n) is 3.96. The molecule has 0 amide bonds. The van der Waals surface area contributed by atoms with Crippen LogP contribution in [0.15, 0.2) is 0 Å². The first-order valence-electron chi connectivity index (χ1n) is 6.85. The van der Waals surface area contributed by atoms with Crippen LogP contribution in [0, 0.1) is 0 Å². The van der Waals surface area contributed by atoms with Crippen LogP contribution in [0.3, 0.4) is 0 Å². The maximum absolute atomic E-state index is 9.90. The number of hydrogen-bond acceptors (Lipinski definition) is 7. The average Bonchev–Trinajstić information content (AvgIpc) is 2.41. The van der Waals surface area contributed by atoms with Crippen molar-refractivity contribution in [2.45, 2.75) is 68.5 Å². The summed E-state index contributed by atoms with van der Waals surface area (Å²) in [5.41, 5.74) is 11.4. The number of aliphatic hydroxyl groups is 3. The van der Waals surface area contributed by atoms with Crippen LogP contribution in [0.25, 0.3) is 0 Å². The molecule has 1 aliphatic heterocycles. The summed E-state index contributed by atoms with van der Waals surface area (Å²) in [6.07, 6.45) is -2.01.